The maximum Gasteiger partial charge on any atom is 0.311 e. The second-order valence-corrected chi connectivity index (χ2v) is 17.6. The number of methoxy groups -OCH3 is 1. The molecular weight excluding hydrogens is 744 g/mol. The quantitative estimate of drug-likeness (QED) is 0.185. The highest BCUT2D eigenvalue weighted by molar-refractivity contribution is 5.88. The van der Waals surface area contributed by atoms with E-state index in [1.54, 1.807) is 55.4 Å². The molecule has 3 rings (SSSR count). The Labute approximate surface area is 339 Å². The first-order valence-corrected chi connectivity index (χ1v) is 20.6. The molecule has 3 fully saturated rings. The molecule has 0 radical (unpaired) electrons. The predicted molar refractivity (Wildman–Crippen MR) is 210 cm³/mol. The zero-order valence-electron chi connectivity index (χ0n) is 37.0. The van der Waals surface area contributed by atoms with Gasteiger partial charge in [-0.1, -0.05) is 32.9 Å². The van der Waals surface area contributed by atoms with Gasteiger partial charge in [-0.3, -0.25) is 9.59 Å². The lowest BCUT2D eigenvalue weighted by Crippen LogP contribution is -2.61. The zero-order chi connectivity index (χ0) is 43.4. The fourth-order valence-electron chi connectivity index (χ4n) is 9.12. The topological polar surface area (TPSA) is 204 Å². The molecule has 0 aromatic rings. The van der Waals surface area contributed by atoms with Crippen LogP contribution in [0, 0.1) is 23.7 Å². The van der Waals surface area contributed by atoms with Gasteiger partial charge in [0.25, 0.3) is 0 Å². The first kappa shape index (κ1) is 49.4. The summed E-state index contributed by atoms with van der Waals surface area (Å²) in [6.07, 6.45) is -9.12. The number of hydrogen-bond donors (Lipinski definition) is 4. The third-order valence-corrected chi connectivity index (χ3v) is 12.4. The molecular formula is C41H74N2O14. The number of cyclic esters (lactones) is 1. The smallest absolute Gasteiger partial charge is 0.311 e. The van der Waals surface area contributed by atoms with E-state index in [1.807, 2.05) is 32.8 Å². The van der Waals surface area contributed by atoms with E-state index in [1.165, 1.54) is 21.0 Å². The van der Waals surface area contributed by atoms with Crippen LogP contribution in [0.1, 0.15) is 109 Å². The Morgan fingerprint density at radius 2 is 1.58 bits per heavy atom. The molecule has 57 heavy (non-hydrogen) atoms. The summed E-state index contributed by atoms with van der Waals surface area (Å²) < 4.78 is 43.7. The van der Waals surface area contributed by atoms with Crippen molar-refractivity contribution in [3.05, 3.63) is 0 Å². The van der Waals surface area contributed by atoms with Gasteiger partial charge in [0.05, 0.1) is 47.8 Å². The molecule has 0 saturated carbocycles. The van der Waals surface area contributed by atoms with Crippen LogP contribution in [-0.2, 0) is 47.6 Å². The van der Waals surface area contributed by atoms with E-state index in [0.29, 0.717) is 12.1 Å². The van der Waals surface area contributed by atoms with Gasteiger partial charge >= 0.3 is 11.9 Å². The number of rotatable bonds is 10. The summed E-state index contributed by atoms with van der Waals surface area (Å²) in [5, 5.41) is 52.4. The molecule has 16 nitrogen and oxygen atoms in total. The number of aliphatic hydroxyl groups is 4. The Morgan fingerprint density at radius 1 is 0.947 bits per heavy atom. The number of carbonyl (C=O) groups excluding carboxylic acids is 2. The second kappa shape index (κ2) is 20.0. The van der Waals surface area contributed by atoms with Crippen molar-refractivity contribution < 1.29 is 68.0 Å². The molecule has 332 valence electrons. The molecule has 16 heteroatoms. The predicted octanol–water partition coefficient (Wildman–Crippen LogP) is 3.18. The number of hydrogen-bond acceptors (Lipinski definition) is 16. The van der Waals surface area contributed by atoms with Crippen molar-refractivity contribution in [1.29, 1.82) is 0 Å². The number of oxime groups is 1. The summed E-state index contributed by atoms with van der Waals surface area (Å²) in [6.45, 7) is 20.4. The summed E-state index contributed by atoms with van der Waals surface area (Å²) in [7, 11) is 5.23. The number of ether oxygens (including phenoxy) is 7. The standard InChI is InChI=1S/C41H74N2O14/c1-16-29-41(12,49)34(46)23(5)31(42-51-17-2)21(3)19-39(10,48)35(57-38-32(45)28(43(13)14)18-22(4)52-38)24(6)33(25(7)37(47)55-29)56-30-20-40(11,50-15)36(26(8)53-30)54-27(9)44/h21-26,28-30,32-36,38,45-46,48-49H,16-20H2,1-15H3/b42-31+/t21-,22-,23+,24+,25-,26+,28+,29-,30+,32-,33+,34-,35-,36+,38+,39?,40-,41-/m1/s1. The first-order chi connectivity index (χ1) is 26.4. The molecule has 18 atom stereocenters. The normalized spacial score (nSPS) is 46.3. The van der Waals surface area contributed by atoms with Gasteiger partial charge in [0.2, 0.25) is 0 Å². The van der Waals surface area contributed by atoms with Gasteiger partial charge in [0.15, 0.2) is 18.7 Å². The van der Waals surface area contributed by atoms with Crippen molar-refractivity contribution >= 4 is 17.7 Å². The van der Waals surface area contributed by atoms with Crippen molar-refractivity contribution in [2.45, 2.75) is 193 Å². The molecule has 3 heterocycles. The number of esters is 2. The molecule has 0 aliphatic carbocycles. The molecule has 0 aromatic heterocycles. The molecule has 3 aliphatic rings. The minimum Gasteiger partial charge on any atom is -0.459 e. The van der Waals surface area contributed by atoms with Crippen LogP contribution in [0.3, 0.4) is 0 Å². The fraction of sp³-hybridized carbons (Fsp3) is 0.927. The Balaban J connectivity index is 2.24. The van der Waals surface area contributed by atoms with E-state index >= 15 is 0 Å². The Morgan fingerprint density at radius 3 is 2.12 bits per heavy atom. The summed E-state index contributed by atoms with van der Waals surface area (Å²) in [4.78, 5) is 33.8. The van der Waals surface area contributed by atoms with Gasteiger partial charge < -0.3 is 63.3 Å². The highest BCUT2D eigenvalue weighted by atomic mass is 16.7. The molecule has 3 saturated heterocycles. The van der Waals surface area contributed by atoms with E-state index in [4.69, 9.17) is 38.0 Å². The van der Waals surface area contributed by atoms with Crippen LogP contribution in [-0.4, -0.2) is 155 Å². The van der Waals surface area contributed by atoms with Crippen LogP contribution < -0.4 is 0 Å². The Bertz CT molecular complexity index is 1350. The van der Waals surface area contributed by atoms with E-state index in [2.05, 4.69) is 5.16 Å². The van der Waals surface area contributed by atoms with Crippen molar-refractivity contribution in [1.82, 2.24) is 4.90 Å². The largest absolute Gasteiger partial charge is 0.459 e. The van der Waals surface area contributed by atoms with Crippen molar-refractivity contribution in [2.24, 2.45) is 28.8 Å². The monoisotopic (exact) mass is 819 g/mol. The zero-order valence-corrected chi connectivity index (χ0v) is 37.0. The van der Waals surface area contributed by atoms with Crippen LogP contribution in [0.15, 0.2) is 5.16 Å². The molecule has 4 N–H and O–H groups in total. The first-order valence-electron chi connectivity index (χ1n) is 20.6. The number of aliphatic hydroxyl groups excluding tert-OH is 2. The summed E-state index contributed by atoms with van der Waals surface area (Å²) in [5.74, 6) is -4.50. The van der Waals surface area contributed by atoms with Gasteiger partial charge in [0.1, 0.15) is 30.0 Å². The molecule has 1 unspecified atom stereocenters. The number of likely N-dealkylation sites (N-methyl/N-ethyl adjacent to an activating group) is 1. The van der Waals surface area contributed by atoms with Crippen molar-refractivity contribution in [2.75, 3.05) is 27.8 Å². The van der Waals surface area contributed by atoms with Crippen LogP contribution >= 0.6 is 0 Å². The average molecular weight is 819 g/mol. The minimum atomic E-state index is -1.93. The third-order valence-electron chi connectivity index (χ3n) is 12.4. The van der Waals surface area contributed by atoms with E-state index in [9.17, 15) is 30.0 Å². The van der Waals surface area contributed by atoms with Crippen molar-refractivity contribution in [3.63, 3.8) is 0 Å². The van der Waals surface area contributed by atoms with Crippen LogP contribution in [0.4, 0.5) is 0 Å². The molecule has 0 amide bonds. The lowest BCUT2D eigenvalue weighted by molar-refractivity contribution is -0.318. The second-order valence-electron chi connectivity index (χ2n) is 17.6. The van der Waals surface area contributed by atoms with Crippen LogP contribution in [0.2, 0.25) is 0 Å². The molecule has 0 aromatic carbocycles. The van der Waals surface area contributed by atoms with Crippen LogP contribution in [0.25, 0.3) is 0 Å². The summed E-state index contributed by atoms with van der Waals surface area (Å²) in [6, 6.07) is -0.322. The van der Waals surface area contributed by atoms with E-state index in [-0.39, 0.29) is 38.0 Å². The lowest BCUT2D eigenvalue weighted by atomic mass is 9.73. The van der Waals surface area contributed by atoms with Crippen molar-refractivity contribution in [3.8, 4) is 0 Å². The number of carbonyl (C=O) groups is 2. The average Bonchev–Trinajstić information content (AvgIpc) is 3.12. The van der Waals surface area contributed by atoms with Crippen LogP contribution in [0.5, 0.6) is 0 Å². The van der Waals surface area contributed by atoms with E-state index in [0.717, 1.165) is 0 Å². The van der Waals surface area contributed by atoms with Gasteiger partial charge in [-0.2, -0.15) is 0 Å². The Hall–Kier alpha value is -1.99. The third kappa shape index (κ3) is 11.4. The SMILES string of the molecule is CCO/N=C1\[C@H](C)CC(C)(O)[C@H](O[C@@H]2O[C@H](C)C[C@H](N(C)C)[C@H]2O)[C@@H](C)[C@H](O[C@H]2C[C@@](C)(OC)[C@@H](OC(C)=O)[C@H](C)O2)[C@@H](C)C(=O)O[C@H](CC)[C@@](C)(O)[C@H](O)[C@H]1C. The lowest BCUT2D eigenvalue weighted by Gasteiger charge is -2.49. The highest BCUT2D eigenvalue weighted by Gasteiger charge is 2.54. The van der Waals surface area contributed by atoms with Gasteiger partial charge in [-0.25, -0.2) is 0 Å². The van der Waals surface area contributed by atoms with E-state index < -0.39 is 108 Å². The molecule has 0 bridgehead atoms. The van der Waals surface area contributed by atoms with Gasteiger partial charge in [-0.15, -0.1) is 0 Å². The maximum atomic E-state index is 14.3. The molecule has 0 spiro atoms. The Kier molecular flexibility index (Phi) is 17.4. The fourth-order valence-corrected chi connectivity index (χ4v) is 9.12. The number of nitrogens with zero attached hydrogens (tertiary/aromatic N) is 2. The molecule has 3 aliphatic heterocycles. The minimum absolute atomic E-state index is 0.00806. The van der Waals surface area contributed by atoms with Gasteiger partial charge in [0, 0.05) is 44.2 Å². The maximum absolute atomic E-state index is 14.3. The summed E-state index contributed by atoms with van der Waals surface area (Å²) >= 11 is 0. The highest BCUT2D eigenvalue weighted by Crippen LogP contribution is 2.41. The van der Waals surface area contributed by atoms with Gasteiger partial charge in [-0.05, 0) is 81.8 Å². The summed E-state index contributed by atoms with van der Waals surface area (Å²) in [5.41, 5.74) is -4.35.